The maximum absolute atomic E-state index is 5.61. The Hall–Kier alpha value is -0.280. The Labute approximate surface area is 107 Å². The summed E-state index contributed by atoms with van der Waals surface area (Å²) < 4.78 is 6.42. The maximum Gasteiger partial charge on any atom is 0.169 e. The van der Waals surface area contributed by atoms with Crippen LogP contribution in [0.15, 0.2) is 21.2 Å². The molecule has 1 heterocycles. The molecule has 92 valence electrons. The molecule has 0 aromatic carbocycles. The van der Waals surface area contributed by atoms with Gasteiger partial charge in [0, 0.05) is 0 Å². The first kappa shape index (κ1) is 13.8. The highest BCUT2D eigenvalue weighted by molar-refractivity contribution is 9.10. The van der Waals surface area contributed by atoms with Gasteiger partial charge in [0.2, 0.25) is 0 Å². The van der Waals surface area contributed by atoms with Gasteiger partial charge in [0.15, 0.2) is 4.67 Å². The largest absolute Gasteiger partial charge is 0.453 e. The van der Waals surface area contributed by atoms with E-state index in [0.717, 1.165) is 29.3 Å². The monoisotopic (exact) mass is 287 g/mol. The summed E-state index contributed by atoms with van der Waals surface area (Å²) in [7, 11) is 0. The molecule has 1 rings (SSSR count). The molecule has 0 amide bonds. The van der Waals surface area contributed by atoms with Crippen molar-refractivity contribution in [3.63, 3.8) is 0 Å². The molecule has 0 aliphatic carbocycles. The second kappa shape index (κ2) is 7.13. The zero-order chi connectivity index (χ0) is 12.0. The molecule has 1 N–H and O–H groups in total. The van der Waals surface area contributed by atoms with Crippen LogP contribution >= 0.6 is 15.9 Å². The number of nitrogens with one attached hydrogen (secondary N) is 1. The molecule has 0 spiro atoms. The molecule has 0 radical (unpaired) electrons. The van der Waals surface area contributed by atoms with E-state index >= 15 is 0 Å². The summed E-state index contributed by atoms with van der Waals surface area (Å²) in [4.78, 5) is 0. The van der Waals surface area contributed by atoms with Crippen molar-refractivity contribution in [1.82, 2.24) is 5.32 Å². The summed E-state index contributed by atoms with van der Waals surface area (Å²) in [6.07, 6.45) is 3.67. The Balaban J connectivity index is 2.47. The smallest absolute Gasteiger partial charge is 0.169 e. The Kier molecular flexibility index (Phi) is 6.14. The molecule has 2 nitrogen and oxygen atoms in total. The fourth-order valence-electron chi connectivity index (χ4n) is 1.84. The van der Waals surface area contributed by atoms with Crippen molar-refractivity contribution < 1.29 is 4.42 Å². The van der Waals surface area contributed by atoms with E-state index in [2.05, 4.69) is 42.0 Å². The van der Waals surface area contributed by atoms with E-state index in [9.17, 15) is 0 Å². The lowest BCUT2D eigenvalue weighted by Crippen LogP contribution is -2.20. The van der Waals surface area contributed by atoms with Gasteiger partial charge in [-0.15, -0.1) is 0 Å². The molecular weight excluding hydrogens is 266 g/mol. The van der Waals surface area contributed by atoms with E-state index < -0.39 is 0 Å². The number of hydrogen-bond acceptors (Lipinski definition) is 2. The molecule has 0 bridgehead atoms. The van der Waals surface area contributed by atoms with Gasteiger partial charge in [-0.25, -0.2) is 0 Å². The zero-order valence-electron chi connectivity index (χ0n) is 10.4. The first-order chi connectivity index (χ1) is 7.63. The van der Waals surface area contributed by atoms with Crippen LogP contribution in [0.2, 0.25) is 0 Å². The maximum atomic E-state index is 5.61. The summed E-state index contributed by atoms with van der Waals surface area (Å²) in [5, 5.41) is 3.47. The third-order valence-corrected chi connectivity index (χ3v) is 3.09. The van der Waals surface area contributed by atoms with Gasteiger partial charge in [0.25, 0.3) is 0 Å². The van der Waals surface area contributed by atoms with Crippen molar-refractivity contribution in [2.75, 3.05) is 6.54 Å². The van der Waals surface area contributed by atoms with Crippen LogP contribution in [0.5, 0.6) is 0 Å². The Morgan fingerprint density at radius 2 is 2.06 bits per heavy atom. The third kappa shape index (κ3) is 4.71. The van der Waals surface area contributed by atoms with E-state index in [1.807, 2.05) is 12.1 Å². The molecular formula is C13H22BrNO. The van der Waals surface area contributed by atoms with Crippen LogP contribution in [0.3, 0.4) is 0 Å². The molecule has 0 aliphatic heterocycles. The number of halogens is 1. The Bertz CT molecular complexity index is 296. The molecule has 0 saturated carbocycles. The van der Waals surface area contributed by atoms with E-state index in [4.69, 9.17) is 4.42 Å². The zero-order valence-corrected chi connectivity index (χ0v) is 12.0. The van der Waals surface area contributed by atoms with Crippen LogP contribution in [0.25, 0.3) is 0 Å². The molecule has 0 aliphatic rings. The topological polar surface area (TPSA) is 25.2 Å². The quantitative estimate of drug-likeness (QED) is 0.798. The predicted octanol–water partition coefficient (Wildman–Crippen LogP) is 4.52. The van der Waals surface area contributed by atoms with E-state index in [0.29, 0.717) is 6.04 Å². The SMILES string of the molecule is CCNC(CCCC(C)C)c1ccc(Br)o1. The highest BCUT2D eigenvalue weighted by Crippen LogP contribution is 2.25. The molecule has 0 saturated heterocycles. The molecule has 1 atom stereocenters. The molecule has 1 aromatic heterocycles. The van der Waals surface area contributed by atoms with Gasteiger partial charge in [0.05, 0.1) is 6.04 Å². The average molecular weight is 288 g/mol. The second-order valence-corrected chi connectivity index (χ2v) is 5.36. The number of furan rings is 1. The normalized spacial score (nSPS) is 13.3. The van der Waals surface area contributed by atoms with Gasteiger partial charge < -0.3 is 9.73 Å². The Morgan fingerprint density at radius 1 is 1.31 bits per heavy atom. The fourth-order valence-corrected chi connectivity index (χ4v) is 2.16. The van der Waals surface area contributed by atoms with Crippen LogP contribution in [-0.2, 0) is 0 Å². The van der Waals surface area contributed by atoms with Crippen molar-refractivity contribution >= 4 is 15.9 Å². The minimum atomic E-state index is 0.357. The average Bonchev–Trinajstić information content (AvgIpc) is 2.63. The summed E-state index contributed by atoms with van der Waals surface area (Å²) in [6, 6.07) is 4.37. The number of rotatable bonds is 7. The third-order valence-electron chi connectivity index (χ3n) is 2.66. The lowest BCUT2D eigenvalue weighted by atomic mass is 10.0. The van der Waals surface area contributed by atoms with Crippen molar-refractivity contribution in [2.45, 2.75) is 46.1 Å². The van der Waals surface area contributed by atoms with Gasteiger partial charge in [-0.2, -0.15) is 0 Å². The van der Waals surface area contributed by atoms with Gasteiger partial charge in [0.1, 0.15) is 5.76 Å². The first-order valence-corrected chi connectivity index (χ1v) is 6.91. The highest BCUT2D eigenvalue weighted by atomic mass is 79.9. The van der Waals surface area contributed by atoms with Crippen molar-refractivity contribution in [1.29, 1.82) is 0 Å². The molecule has 1 unspecified atom stereocenters. The summed E-state index contributed by atoms with van der Waals surface area (Å²) in [5.41, 5.74) is 0. The van der Waals surface area contributed by atoms with Gasteiger partial charge in [-0.1, -0.05) is 33.6 Å². The van der Waals surface area contributed by atoms with Crippen LogP contribution < -0.4 is 5.32 Å². The van der Waals surface area contributed by atoms with Crippen molar-refractivity contribution in [3.8, 4) is 0 Å². The molecule has 3 heteroatoms. The summed E-state index contributed by atoms with van der Waals surface area (Å²) >= 11 is 3.35. The first-order valence-electron chi connectivity index (χ1n) is 6.12. The van der Waals surface area contributed by atoms with Gasteiger partial charge >= 0.3 is 0 Å². The predicted molar refractivity (Wildman–Crippen MR) is 71.5 cm³/mol. The van der Waals surface area contributed by atoms with Crippen LogP contribution in [0.4, 0.5) is 0 Å². The summed E-state index contributed by atoms with van der Waals surface area (Å²) in [5.74, 6) is 1.82. The van der Waals surface area contributed by atoms with Gasteiger partial charge in [-0.05, 0) is 46.9 Å². The van der Waals surface area contributed by atoms with E-state index in [1.165, 1.54) is 12.8 Å². The van der Waals surface area contributed by atoms with E-state index in [1.54, 1.807) is 0 Å². The van der Waals surface area contributed by atoms with Crippen LogP contribution in [0, 0.1) is 5.92 Å². The van der Waals surface area contributed by atoms with Crippen molar-refractivity contribution in [3.05, 3.63) is 22.6 Å². The minimum absolute atomic E-state index is 0.357. The summed E-state index contributed by atoms with van der Waals surface area (Å²) in [6.45, 7) is 7.65. The Morgan fingerprint density at radius 3 is 2.56 bits per heavy atom. The second-order valence-electron chi connectivity index (χ2n) is 4.58. The molecule has 16 heavy (non-hydrogen) atoms. The lowest BCUT2D eigenvalue weighted by Gasteiger charge is -2.15. The molecule has 1 aromatic rings. The minimum Gasteiger partial charge on any atom is -0.453 e. The number of hydrogen-bond donors (Lipinski definition) is 1. The standard InChI is InChI=1S/C13H22BrNO/c1-4-15-11(7-5-6-10(2)3)12-8-9-13(14)16-12/h8-11,15H,4-7H2,1-3H3. The lowest BCUT2D eigenvalue weighted by molar-refractivity contribution is 0.375. The van der Waals surface area contributed by atoms with Crippen LogP contribution in [-0.4, -0.2) is 6.54 Å². The highest BCUT2D eigenvalue weighted by Gasteiger charge is 2.13. The van der Waals surface area contributed by atoms with Crippen LogP contribution in [0.1, 0.15) is 51.8 Å². The van der Waals surface area contributed by atoms with E-state index in [-0.39, 0.29) is 0 Å². The fraction of sp³-hybridized carbons (Fsp3) is 0.692. The van der Waals surface area contributed by atoms with Crippen molar-refractivity contribution in [2.24, 2.45) is 5.92 Å². The van der Waals surface area contributed by atoms with Gasteiger partial charge in [-0.3, -0.25) is 0 Å². The molecule has 0 fully saturated rings.